The summed E-state index contributed by atoms with van der Waals surface area (Å²) in [6, 6.07) is 3.51. The molecule has 0 aliphatic rings. The molecule has 0 aromatic carbocycles. The summed E-state index contributed by atoms with van der Waals surface area (Å²) in [5, 5.41) is 0. The summed E-state index contributed by atoms with van der Waals surface area (Å²) in [4.78, 5) is 18.7. The molecule has 1 aromatic rings. The molecule has 0 bridgehead atoms. The smallest absolute Gasteiger partial charge is 0.254 e. The van der Waals surface area contributed by atoms with Crippen LogP contribution in [0.15, 0.2) is 12.1 Å². The minimum atomic E-state index is -0.0296. The van der Waals surface area contributed by atoms with Crippen molar-refractivity contribution in [1.82, 2.24) is 9.88 Å². The number of pyridine rings is 1. The molecular formula is C15H26N4O2. The Morgan fingerprint density at radius 3 is 2.67 bits per heavy atom. The number of hydrazine groups is 1. The molecular weight excluding hydrogens is 268 g/mol. The highest BCUT2D eigenvalue weighted by Gasteiger charge is 2.17. The van der Waals surface area contributed by atoms with Gasteiger partial charge in [-0.1, -0.05) is 13.8 Å². The summed E-state index contributed by atoms with van der Waals surface area (Å²) in [6.45, 7) is 10.4. The van der Waals surface area contributed by atoms with Gasteiger partial charge in [0.1, 0.15) is 5.82 Å². The molecule has 3 N–H and O–H groups in total. The zero-order chi connectivity index (χ0) is 15.8. The van der Waals surface area contributed by atoms with E-state index in [2.05, 4.69) is 10.4 Å². The lowest BCUT2D eigenvalue weighted by molar-refractivity contribution is 0.0669. The topological polar surface area (TPSA) is 80.5 Å². The summed E-state index contributed by atoms with van der Waals surface area (Å²) < 4.78 is 5.32. The van der Waals surface area contributed by atoms with E-state index in [0.717, 1.165) is 5.69 Å². The second-order valence-corrected chi connectivity index (χ2v) is 5.05. The van der Waals surface area contributed by atoms with Gasteiger partial charge in [-0.2, -0.15) is 0 Å². The molecule has 0 radical (unpaired) electrons. The number of nitrogens with two attached hydrogens (primary N) is 1. The second kappa shape index (κ2) is 8.59. The number of likely N-dealkylation sites (N-methyl/N-ethyl adjacent to an activating group) is 1. The maximum atomic E-state index is 12.6. The number of amides is 1. The van der Waals surface area contributed by atoms with E-state index in [4.69, 9.17) is 10.6 Å². The molecule has 0 unspecified atom stereocenters. The largest absolute Gasteiger partial charge is 0.380 e. The maximum absolute atomic E-state index is 12.6. The van der Waals surface area contributed by atoms with Gasteiger partial charge in [-0.25, -0.2) is 10.8 Å². The number of hydrogen-bond donors (Lipinski definition) is 2. The van der Waals surface area contributed by atoms with Crippen LogP contribution < -0.4 is 11.3 Å². The van der Waals surface area contributed by atoms with Gasteiger partial charge in [-0.15, -0.1) is 0 Å². The number of ether oxygens (including phenoxy) is 1. The van der Waals surface area contributed by atoms with Crippen LogP contribution in [0.1, 0.15) is 49.7 Å². The maximum Gasteiger partial charge on any atom is 0.254 e. The third kappa shape index (κ3) is 4.99. The van der Waals surface area contributed by atoms with Gasteiger partial charge in [0.25, 0.3) is 5.91 Å². The summed E-state index contributed by atoms with van der Waals surface area (Å²) in [6.07, 6.45) is 0. The third-order valence-electron chi connectivity index (χ3n) is 3.21. The molecule has 0 spiro atoms. The Hall–Kier alpha value is -1.66. The van der Waals surface area contributed by atoms with Crippen LogP contribution in [0.5, 0.6) is 0 Å². The average Bonchev–Trinajstić information content (AvgIpc) is 2.50. The van der Waals surface area contributed by atoms with Gasteiger partial charge >= 0.3 is 0 Å². The molecule has 21 heavy (non-hydrogen) atoms. The lowest BCUT2D eigenvalue weighted by atomic mass is 10.1. The molecule has 1 heterocycles. The summed E-state index contributed by atoms with van der Waals surface area (Å²) in [7, 11) is 0. The number of anilines is 1. The van der Waals surface area contributed by atoms with E-state index in [1.165, 1.54) is 0 Å². The van der Waals surface area contributed by atoms with Crippen molar-refractivity contribution in [3.63, 3.8) is 0 Å². The van der Waals surface area contributed by atoms with E-state index in [-0.39, 0.29) is 11.8 Å². The first-order valence-electron chi connectivity index (χ1n) is 7.39. The Balaban J connectivity index is 2.95. The number of carbonyl (C=O) groups is 1. The minimum Gasteiger partial charge on any atom is -0.380 e. The van der Waals surface area contributed by atoms with Crippen molar-refractivity contribution in [3.05, 3.63) is 23.4 Å². The van der Waals surface area contributed by atoms with Crippen LogP contribution in [-0.2, 0) is 4.74 Å². The quantitative estimate of drug-likeness (QED) is 0.435. The summed E-state index contributed by atoms with van der Waals surface area (Å²) in [5.41, 5.74) is 3.96. The van der Waals surface area contributed by atoms with Gasteiger partial charge in [0, 0.05) is 31.0 Å². The second-order valence-electron chi connectivity index (χ2n) is 5.05. The van der Waals surface area contributed by atoms with Crippen LogP contribution in [0.2, 0.25) is 0 Å². The van der Waals surface area contributed by atoms with E-state index < -0.39 is 0 Å². The van der Waals surface area contributed by atoms with Crippen LogP contribution in [0.3, 0.4) is 0 Å². The molecule has 0 atom stereocenters. The molecule has 6 nitrogen and oxygen atoms in total. The number of hydrogen-bond acceptors (Lipinski definition) is 5. The molecule has 118 valence electrons. The highest BCUT2D eigenvalue weighted by molar-refractivity contribution is 5.95. The summed E-state index contributed by atoms with van der Waals surface area (Å²) >= 11 is 0. The first kappa shape index (κ1) is 17.4. The van der Waals surface area contributed by atoms with Crippen LogP contribution in [0, 0.1) is 0 Å². The molecule has 1 rings (SSSR count). The van der Waals surface area contributed by atoms with Gasteiger partial charge in [-0.3, -0.25) is 4.79 Å². The van der Waals surface area contributed by atoms with Crippen LogP contribution >= 0.6 is 0 Å². The minimum absolute atomic E-state index is 0.0296. The molecule has 6 heteroatoms. The molecule has 0 fully saturated rings. The molecule has 0 saturated heterocycles. The standard InChI is InChI=1S/C15H26N4O2/c1-5-19(7-8-21-6-2)15(20)12-9-13(11(3)4)17-14(10-12)18-16/h9-11H,5-8,16H2,1-4H3,(H,17,18). The Morgan fingerprint density at radius 2 is 2.14 bits per heavy atom. The van der Waals surface area contributed by atoms with Crippen molar-refractivity contribution in [2.24, 2.45) is 5.84 Å². The third-order valence-corrected chi connectivity index (χ3v) is 3.21. The molecule has 0 aliphatic carbocycles. The molecule has 0 saturated carbocycles. The van der Waals surface area contributed by atoms with Crippen molar-refractivity contribution in [2.75, 3.05) is 31.7 Å². The van der Waals surface area contributed by atoms with Crippen molar-refractivity contribution in [3.8, 4) is 0 Å². The Bertz CT molecular complexity index is 463. The van der Waals surface area contributed by atoms with Gasteiger partial charge in [0.15, 0.2) is 0 Å². The fraction of sp³-hybridized carbons (Fsp3) is 0.600. The Morgan fingerprint density at radius 1 is 1.43 bits per heavy atom. The van der Waals surface area contributed by atoms with Crippen LogP contribution in [0.25, 0.3) is 0 Å². The zero-order valence-corrected chi connectivity index (χ0v) is 13.3. The fourth-order valence-corrected chi connectivity index (χ4v) is 1.95. The molecule has 1 aromatic heterocycles. The summed E-state index contributed by atoms with van der Waals surface area (Å²) in [5.74, 6) is 6.14. The SMILES string of the molecule is CCOCCN(CC)C(=O)c1cc(NN)nc(C(C)C)c1. The normalized spacial score (nSPS) is 10.8. The van der Waals surface area contributed by atoms with Gasteiger partial charge in [0.05, 0.1) is 6.61 Å². The van der Waals surface area contributed by atoms with Crippen LogP contribution in [0.4, 0.5) is 5.82 Å². The first-order valence-corrected chi connectivity index (χ1v) is 7.39. The highest BCUT2D eigenvalue weighted by Crippen LogP contribution is 2.18. The average molecular weight is 294 g/mol. The number of aromatic nitrogens is 1. The monoisotopic (exact) mass is 294 g/mol. The van der Waals surface area contributed by atoms with Crippen molar-refractivity contribution in [1.29, 1.82) is 0 Å². The lowest BCUT2D eigenvalue weighted by Gasteiger charge is -2.21. The van der Waals surface area contributed by atoms with Gasteiger partial charge in [-0.05, 0) is 31.9 Å². The number of nitrogens with one attached hydrogen (secondary N) is 1. The number of carbonyl (C=O) groups excluding carboxylic acids is 1. The lowest BCUT2D eigenvalue weighted by Crippen LogP contribution is -2.34. The van der Waals surface area contributed by atoms with Crippen molar-refractivity contribution >= 4 is 11.7 Å². The zero-order valence-electron chi connectivity index (χ0n) is 13.3. The van der Waals surface area contributed by atoms with E-state index >= 15 is 0 Å². The Kier molecular flexibility index (Phi) is 7.11. The van der Waals surface area contributed by atoms with E-state index in [1.54, 1.807) is 11.0 Å². The number of nitrogens with zero attached hydrogens (tertiary/aromatic N) is 2. The molecule has 0 aliphatic heterocycles. The fourth-order valence-electron chi connectivity index (χ4n) is 1.95. The van der Waals surface area contributed by atoms with Crippen molar-refractivity contribution < 1.29 is 9.53 Å². The predicted molar refractivity (Wildman–Crippen MR) is 84.2 cm³/mol. The predicted octanol–water partition coefficient (Wildman–Crippen LogP) is 1.99. The number of nitrogen functional groups attached to an aromatic ring is 1. The molecule has 1 amide bonds. The first-order chi connectivity index (χ1) is 10.0. The van der Waals surface area contributed by atoms with E-state index in [9.17, 15) is 4.79 Å². The number of rotatable bonds is 8. The van der Waals surface area contributed by atoms with Crippen LogP contribution in [-0.4, -0.2) is 42.1 Å². The van der Waals surface area contributed by atoms with Crippen molar-refractivity contribution in [2.45, 2.75) is 33.6 Å². The van der Waals surface area contributed by atoms with E-state index in [0.29, 0.717) is 37.7 Å². The van der Waals surface area contributed by atoms with Gasteiger partial charge < -0.3 is 15.1 Å². The Labute approximate surface area is 126 Å². The van der Waals surface area contributed by atoms with E-state index in [1.807, 2.05) is 33.8 Å². The van der Waals surface area contributed by atoms with Gasteiger partial charge in [0.2, 0.25) is 0 Å². The highest BCUT2D eigenvalue weighted by atomic mass is 16.5.